The van der Waals surface area contributed by atoms with Crippen molar-refractivity contribution in [1.82, 2.24) is 9.88 Å². The summed E-state index contributed by atoms with van der Waals surface area (Å²) >= 11 is 0. The van der Waals surface area contributed by atoms with Crippen molar-refractivity contribution in [1.29, 1.82) is 0 Å². The van der Waals surface area contributed by atoms with E-state index in [0.29, 0.717) is 43.4 Å². The smallest absolute Gasteiger partial charge is 0.257 e. The number of carbonyl (C=O) groups is 1. The van der Waals surface area contributed by atoms with Gasteiger partial charge in [0, 0.05) is 25.5 Å². The van der Waals surface area contributed by atoms with Gasteiger partial charge in [-0.15, -0.1) is 0 Å². The highest BCUT2D eigenvalue weighted by molar-refractivity contribution is 5.97. The van der Waals surface area contributed by atoms with E-state index in [-0.39, 0.29) is 5.91 Å². The maximum absolute atomic E-state index is 12.8. The number of likely N-dealkylation sites (N-methyl/N-ethyl adjacent to an activating group) is 1. The molecule has 1 aromatic heterocycles. The van der Waals surface area contributed by atoms with Crippen molar-refractivity contribution in [3.05, 3.63) is 53.9 Å². The highest BCUT2D eigenvalue weighted by Gasteiger charge is 2.23. The summed E-state index contributed by atoms with van der Waals surface area (Å²) in [4.78, 5) is 18.7. The van der Waals surface area contributed by atoms with Gasteiger partial charge in [0.15, 0.2) is 11.5 Å². The fourth-order valence-corrected chi connectivity index (χ4v) is 2.63. The van der Waals surface area contributed by atoms with Crippen LogP contribution in [0.3, 0.4) is 0 Å². The number of rotatable bonds is 5. The van der Waals surface area contributed by atoms with Gasteiger partial charge in [-0.25, -0.2) is 0 Å². The summed E-state index contributed by atoms with van der Waals surface area (Å²) < 4.78 is 11.2. The number of amides is 1. The van der Waals surface area contributed by atoms with Crippen molar-refractivity contribution in [3.8, 4) is 11.5 Å². The Morgan fingerprint density at radius 1 is 1.17 bits per heavy atom. The number of aromatic nitrogens is 1. The number of nitrogens with zero attached hydrogens (tertiary/aromatic N) is 2. The first kappa shape index (κ1) is 15.3. The third-order valence-electron chi connectivity index (χ3n) is 3.89. The highest BCUT2D eigenvalue weighted by Crippen LogP contribution is 2.34. The van der Waals surface area contributed by atoms with E-state index in [2.05, 4.69) is 4.98 Å². The molecule has 1 aliphatic rings. The van der Waals surface area contributed by atoms with E-state index in [4.69, 9.17) is 9.47 Å². The minimum Gasteiger partial charge on any atom is -0.486 e. The van der Waals surface area contributed by atoms with Crippen LogP contribution in [0.1, 0.15) is 22.8 Å². The summed E-state index contributed by atoms with van der Waals surface area (Å²) in [7, 11) is 0. The maximum atomic E-state index is 12.8. The van der Waals surface area contributed by atoms with Crippen LogP contribution in [0, 0.1) is 0 Å². The van der Waals surface area contributed by atoms with Gasteiger partial charge in [-0.2, -0.15) is 0 Å². The lowest BCUT2D eigenvalue weighted by molar-refractivity contribution is 0.0755. The Hall–Kier alpha value is -2.56. The standard InChI is InChI=1S/C18H20N2O3/c1-2-20(11-8-14-6-9-19-10-7-14)18(21)15-4-3-5-16-17(15)23-13-12-22-16/h3-7,9-10H,2,8,11-13H2,1H3. The number of hydrogen-bond donors (Lipinski definition) is 0. The van der Waals surface area contributed by atoms with Gasteiger partial charge in [-0.05, 0) is 43.2 Å². The van der Waals surface area contributed by atoms with E-state index in [1.807, 2.05) is 36.1 Å². The van der Waals surface area contributed by atoms with Crippen molar-refractivity contribution in [2.75, 3.05) is 26.3 Å². The number of fused-ring (bicyclic) bond motifs is 1. The zero-order valence-corrected chi connectivity index (χ0v) is 13.2. The maximum Gasteiger partial charge on any atom is 0.257 e. The Morgan fingerprint density at radius 2 is 1.96 bits per heavy atom. The zero-order chi connectivity index (χ0) is 16.1. The highest BCUT2D eigenvalue weighted by atomic mass is 16.6. The SMILES string of the molecule is CCN(CCc1ccncc1)C(=O)c1cccc2c1OCCO2. The van der Waals surface area contributed by atoms with E-state index in [0.717, 1.165) is 6.42 Å². The molecule has 120 valence electrons. The van der Waals surface area contributed by atoms with Gasteiger partial charge in [0.1, 0.15) is 13.2 Å². The van der Waals surface area contributed by atoms with Crippen molar-refractivity contribution >= 4 is 5.91 Å². The fraction of sp³-hybridized carbons (Fsp3) is 0.333. The van der Waals surface area contributed by atoms with Crippen LogP contribution < -0.4 is 9.47 Å². The summed E-state index contributed by atoms with van der Waals surface area (Å²) in [6, 6.07) is 9.40. The van der Waals surface area contributed by atoms with Gasteiger partial charge in [-0.3, -0.25) is 9.78 Å². The van der Waals surface area contributed by atoms with Crippen LogP contribution in [0.5, 0.6) is 11.5 Å². The first-order valence-corrected chi connectivity index (χ1v) is 7.86. The molecule has 2 heterocycles. The molecule has 1 amide bonds. The third kappa shape index (κ3) is 3.44. The molecule has 0 fully saturated rings. The normalized spacial score (nSPS) is 12.7. The van der Waals surface area contributed by atoms with Crippen molar-refractivity contribution < 1.29 is 14.3 Å². The summed E-state index contributed by atoms with van der Waals surface area (Å²) in [5, 5.41) is 0. The minimum atomic E-state index is -0.0242. The molecule has 0 aliphatic carbocycles. The topological polar surface area (TPSA) is 51.7 Å². The molecule has 0 atom stereocenters. The summed E-state index contributed by atoms with van der Waals surface area (Å²) in [6.45, 7) is 4.28. The van der Waals surface area contributed by atoms with Crippen LogP contribution >= 0.6 is 0 Å². The zero-order valence-electron chi connectivity index (χ0n) is 13.2. The third-order valence-corrected chi connectivity index (χ3v) is 3.89. The molecule has 3 rings (SSSR count). The average molecular weight is 312 g/mol. The quantitative estimate of drug-likeness (QED) is 0.851. The van der Waals surface area contributed by atoms with Gasteiger partial charge in [0.25, 0.3) is 5.91 Å². The van der Waals surface area contributed by atoms with E-state index in [1.165, 1.54) is 5.56 Å². The van der Waals surface area contributed by atoms with Gasteiger partial charge in [0.05, 0.1) is 5.56 Å². The van der Waals surface area contributed by atoms with E-state index < -0.39 is 0 Å². The van der Waals surface area contributed by atoms with Crippen LogP contribution in [-0.4, -0.2) is 42.1 Å². The average Bonchev–Trinajstić information content (AvgIpc) is 2.62. The molecule has 1 aromatic carbocycles. The first-order valence-electron chi connectivity index (χ1n) is 7.86. The van der Waals surface area contributed by atoms with E-state index in [9.17, 15) is 4.79 Å². The number of para-hydroxylation sites is 1. The molecule has 0 radical (unpaired) electrons. The predicted octanol–water partition coefficient (Wildman–Crippen LogP) is 2.56. The second-order valence-corrected chi connectivity index (χ2v) is 5.32. The minimum absolute atomic E-state index is 0.0242. The second-order valence-electron chi connectivity index (χ2n) is 5.32. The lowest BCUT2D eigenvalue weighted by atomic mass is 10.1. The number of benzene rings is 1. The molecule has 0 bridgehead atoms. The molecule has 0 unspecified atom stereocenters. The van der Waals surface area contributed by atoms with E-state index in [1.54, 1.807) is 18.5 Å². The molecule has 0 N–H and O–H groups in total. The number of hydrogen-bond acceptors (Lipinski definition) is 4. The Labute approximate surface area is 135 Å². The largest absolute Gasteiger partial charge is 0.486 e. The molecule has 0 spiro atoms. The van der Waals surface area contributed by atoms with Crippen LogP contribution in [-0.2, 0) is 6.42 Å². The predicted molar refractivity (Wildman–Crippen MR) is 87.0 cm³/mol. The number of ether oxygens (including phenoxy) is 2. The monoisotopic (exact) mass is 312 g/mol. The van der Waals surface area contributed by atoms with Gasteiger partial charge >= 0.3 is 0 Å². The Kier molecular flexibility index (Phi) is 4.76. The van der Waals surface area contributed by atoms with Crippen molar-refractivity contribution in [2.24, 2.45) is 0 Å². The Morgan fingerprint density at radius 3 is 2.74 bits per heavy atom. The Balaban J connectivity index is 1.75. The molecule has 5 heteroatoms. The Bertz CT molecular complexity index is 673. The van der Waals surface area contributed by atoms with Crippen molar-refractivity contribution in [2.45, 2.75) is 13.3 Å². The molecule has 23 heavy (non-hydrogen) atoms. The number of carbonyl (C=O) groups excluding carboxylic acids is 1. The molecule has 0 saturated heterocycles. The van der Waals surface area contributed by atoms with Crippen LogP contribution in [0.25, 0.3) is 0 Å². The molecule has 0 saturated carbocycles. The molecule has 5 nitrogen and oxygen atoms in total. The van der Waals surface area contributed by atoms with Crippen LogP contribution in [0.15, 0.2) is 42.7 Å². The van der Waals surface area contributed by atoms with Gasteiger partial charge in [0.2, 0.25) is 0 Å². The first-order chi connectivity index (χ1) is 11.3. The second kappa shape index (κ2) is 7.13. The lowest BCUT2D eigenvalue weighted by Gasteiger charge is -2.25. The summed E-state index contributed by atoms with van der Waals surface area (Å²) in [5.41, 5.74) is 1.74. The molecular weight excluding hydrogens is 292 g/mol. The fourth-order valence-electron chi connectivity index (χ4n) is 2.63. The van der Waals surface area contributed by atoms with Crippen molar-refractivity contribution in [3.63, 3.8) is 0 Å². The molecule has 1 aliphatic heterocycles. The number of pyridine rings is 1. The molecule has 2 aromatic rings. The van der Waals surface area contributed by atoms with Gasteiger partial charge < -0.3 is 14.4 Å². The van der Waals surface area contributed by atoms with Crippen LogP contribution in [0.2, 0.25) is 0 Å². The summed E-state index contributed by atoms with van der Waals surface area (Å²) in [6.07, 6.45) is 4.34. The van der Waals surface area contributed by atoms with Gasteiger partial charge in [-0.1, -0.05) is 6.07 Å². The van der Waals surface area contributed by atoms with Crippen LogP contribution in [0.4, 0.5) is 0 Å². The van der Waals surface area contributed by atoms with E-state index >= 15 is 0 Å². The molecular formula is C18H20N2O3. The summed E-state index contributed by atoms with van der Waals surface area (Å²) in [5.74, 6) is 1.18. The lowest BCUT2D eigenvalue weighted by Crippen LogP contribution is -2.33.